The lowest BCUT2D eigenvalue weighted by Gasteiger charge is -2.19. The van der Waals surface area contributed by atoms with Gasteiger partial charge in [-0.05, 0) is 43.7 Å². The molecule has 0 saturated heterocycles. The van der Waals surface area contributed by atoms with Gasteiger partial charge in [-0.3, -0.25) is 0 Å². The summed E-state index contributed by atoms with van der Waals surface area (Å²) in [6.45, 7) is 6.83. The Balaban J connectivity index is 3.18. The van der Waals surface area contributed by atoms with Gasteiger partial charge < -0.3 is 19.7 Å². The fourth-order valence-corrected chi connectivity index (χ4v) is 3.21. The maximum atomic E-state index is 11.0. The van der Waals surface area contributed by atoms with Crippen LogP contribution in [-0.2, 0) is 12.8 Å². The molecule has 0 fully saturated rings. The van der Waals surface area contributed by atoms with Crippen LogP contribution in [0.1, 0.15) is 89.7 Å². The average Bonchev–Trinajstić information content (AvgIpc) is 2.64. The Morgan fingerprint density at radius 1 is 0.926 bits per heavy atom. The number of carbonyl (C=O) groups is 1. The molecule has 0 atom stereocenters. The molecule has 0 spiro atoms. The first kappa shape index (κ1) is 23.1. The van der Waals surface area contributed by atoms with E-state index in [9.17, 15) is 9.90 Å². The van der Waals surface area contributed by atoms with Gasteiger partial charge in [0, 0.05) is 5.56 Å². The summed E-state index contributed by atoms with van der Waals surface area (Å²) >= 11 is 0. The van der Waals surface area contributed by atoms with Crippen LogP contribution in [0.5, 0.6) is 17.2 Å². The smallest absolute Gasteiger partial charge is 0.502 e. The van der Waals surface area contributed by atoms with Crippen LogP contribution < -0.4 is 9.47 Å². The van der Waals surface area contributed by atoms with Gasteiger partial charge in [0.15, 0.2) is 11.5 Å². The van der Waals surface area contributed by atoms with Gasteiger partial charge in [-0.25, -0.2) is 4.79 Å². The minimum Gasteiger partial charge on any atom is -0.502 e. The van der Waals surface area contributed by atoms with Crippen molar-refractivity contribution in [3.05, 3.63) is 17.2 Å². The molecule has 0 heterocycles. The molecular formula is C22H36O5. The maximum Gasteiger partial charge on any atom is 0.511 e. The molecule has 1 aromatic carbocycles. The molecule has 0 unspecified atom stereocenters. The first-order chi connectivity index (χ1) is 13.0. The number of carboxylic acid groups (broad SMARTS) is 1. The van der Waals surface area contributed by atoms with Crippen molar-refractivity contribution in [2.45, 2.75) is 91.4 Å². The molecule has 1 rings (SSSR count). The topological polar surface area (TPSA) is 76.0 Å². The third-order valence-corrected chi connectivity index (χ3v) is 4.64. The van der Waals surface area contributed by atoms with E-state index in [1.807, 2.05) is 6.92 Å². The Morgan fingerprint density at radius 3 is 2.11 bits per heavy atom. The van der Waals surface area contributed by atoms with E-state index in [1.54, 1.807) is 6.07 Å². The zero-order valence-electron chi connectivity index (χ0n) is 17.2. The van der Waals surface area contributed by atoms with Crippen molar-refractivity contribution in [2.75, 3.05) is 6.61 Å². The Morgan fingerprint density at radius 2 is 1.56 bits per heavy atom. The first-order valence-electron chi connectivity index (χ1n) is 10.5. The molecule has 0 bridgehead atoms. The lowest BCUT2D eigenvalue weighted by molar-refractivity contribution is 0.142. The van der Waals surface area contributed by atoms with Crippen LogP contribution in [-0.4, -0.2) is 23.0 Å². The highest BCUT2D eigenvalue weighted by Crippen LogP contribution is 2.43. The zero-order valence-corrected chi connectivity index (χ0v) is 17.2. The van der Waals surface area contributed by atoms with Crippen molar-refractivity contribution >= 4 is 6.16 Å². The molecule has 0 saturated carbocycles. The van der Waals surface area contributed by atoms with Crippen LogP contribution in [0.2, 0.25) is 0 Å². The summed E-state index contributed by atoms with van der Waals surface area (Å²) in [6, 6.07) is 1.68. The van der Waals surface area contributed by atoms with Crippen molar-refractivity contribution in [1.82, 2.24) is 0 Å². The van der Waals surface area contributed by atoms with E-state index in [1.165, 1.54) is 19.3 Å². The van der Waals surface area contributed by atoms with Gasteiger partial charge in [0.1, 0.15) is 0 Å². The van der Waals surface area contributed by atoms with Gasteiger partial charge in [-0.2, -0.15) is 0 Å². The number of ether oxygens (including phenoxy) is 2. The van der Waals surface area contributed by atoms with E-state index in [0.717, 1.165) is 62.5 Å². The second kappa shape index (κ2) is 13.3. The number of unbranched alkanes of at least 4 members (excludes halogenated alkanes) is 6. The second-order valence-electron chi connectivity index (χ2n) is 7.03. The largest absolute Gasteiger partial charge is 0.511 e. The first-order valence-corrected chi connectivity index (χ1v) is 10.5. The fraction of sp³-hybridized carbons (Fsp3) is 0.682. The maximum absolute atomic E-state index is 11.0. The molecule has 0 aliphatic carbocycles. The van der Waals surface area contributed by atoms with Crippen molar-refractivity contribution in [2.24, 2.45) is 0 Å². The van der Waals surface area contributed by atoms with Gasteiger partial charge in [0.25, 0.3) is 0 Å². The summed E-state index contributed by atoms with van der Waals surface area (Å²) in [7, 11) is 0. The second-order valence-corrected chi connectivity index (χ2v) is 7.03. The highest BCUT2D eigenvalue weighted by molar-refractivity contribution is 5.66. The monoisotopic (exact) mass is 380 g/mol. The molecule has 0 aliphatic rings. The van der Waals surface area contributed by atoms with Crippen molar-refractivity contribution < 1.29 is 24.5 Å². The van der Waals surface area contributed by atoms with Crippen molar-refractivity contribution in [3.63, 3.8) is 0 Å². The third-order valence-electron chi connectivity index (χ3n) is 4.64. The molecule has 5 nitrogen and oxygen atoms in total. The van der Waals surface area contributed by atoms with Gasteiger partial charge in [-0.15, -0.1) is 0 Å². The summed E-state index contributed by atoms with van der Waals surface area (Å²) in [4.78, 5) is 11.0. The van der Waals surface area contributed by atoms with E-state index in [0.29, 0.717) is 12.4 Å². The molecule has 0 radical (unpaired) electrons. The van der Waals surface area contributed by atoms with Crippen molar-refractivity contribution in [1.29, 1.82) is 0 Å². The van der Waals surface area contributed by atoms with Gasteiger partial charge in [-0.1, -0.05) is 59.3 Å². The predicted molar refractivity (Wildman–Crippen MR) is 108 cm³/mol. The van der Waals surface area contributed by atoms with Crippen LogP contribution >= 0.6 is 0 Å². The number of aromatic hydroxyl groups is 1. The highest BCUT2D eigenvalue weighted by Gasteiger charge is 2.21. The van der Waals surface area contributed by atoms with Gasteiger partial charge >= 0.3 is 6.16 Å². The van der Waals surface area contributed by atoms with Gasteiger partial charge in [0.05, 0.1) is 6.61 Å². The highest BCUT2D eigenvalue weighted by atomic mass is 16.7. The van der Waals surface area contributed by atoms with Crippen LogP contribution in [0, 0.1) is 0 Å². The van der Waals surface area contributed by atoms with Crippen LogP contribution in [0.15, 0.2) is 6.07 Å². The van der Waals surface area contributed by atoms with Crippen molar-refractivity contribution in [3.8, 4) is 17.2 Å². The Hall–Kier alpha value is -1.91. The quantitative estimate of drug-likeness (QED) is 0.219. The average molecular weight is 381 g/mol. The Bertz CT molecular complexity index is 568. The van der Waals surface area contributed by atoms with Gasteiger partial charge in [0.2, 0.25) is 5.75 Å². The number of hydrogen-bond acceptors (Lipinski definition) is 4. The molecule has 2 N–H and O–H groups in total. The molecule has 1 aromatic rings. The Kier molecular flexibility index (Phi) is 11.4. The molecule has 5 heteroatoms. The standard InChI is InChI=1S/C22H36O5/c1-4-7-9-11-13-17-16-19(27-22(24)25)20(23)21(26-15-6-3)18(17)14-12-10-8-5-2/h16,23H,4-15H2,1-3H3,(H,24,25). The molecular weight excluding hydrogens is 344 g/mol. The molecule has 27 heavy (non-hydrogen) atoms. The summed E-state index contributed by atoms with van der Waals surface area (Å²) in [5.74, 6) is 0.169. The summed E-state index contributed by atoms with van der Waals surface area (Å²) < 4.78 is 10.7. The number of benzene rings is 1. The number of rotatable bonds is 14. The SMILES string of the molecule is CCCCCCc1cc(OC(=O)O)c(O)c(OCCC)c1CCCCCC. The fourth-order valence-electron chi connectivity index (χ4n) is 3.21. The number of phenolic OH excluding ortho intramolecular Hbond substituents is 1. The predicted octanol–water partition coefficient (Wildman–Crippen LogP) is 6.48. The van der Waals surface area contributed by atoms with E-state index in [2.05, 4.69) is 13.8 Å². The van der Waals surface area contributed by atoms with E-state index in [-0.39, 0.29) is 11.5 Å². The van der Waals surface area contributed by atoms with Crippen LogP contribution in [0.3, 0.4) is 0 Å². The Labute approximate surface area is 163 Å². The number of phenols is 1. The molecule has 0 aliphatic heterocycles. The third kappa shape index (κ3) is 8.10. The molecule has 0 amide bonds. The summed E-state index contributed by atoms with van der Waals surface area (Å²) in [5.41, 5.74) is 2.04. The number of hydrogen-bond donors (Lipinski definition) is 2. The zero-order chi connectivity index (χ0) is 20.1. The summed E-state index contributed by atoms with van der Waals surface area (Å²) in [5, 5.41) is 19.6. The van der Waals surface area contributed by atoms with Crippen LogP contribution in [0.4, 0.5) is 4.79 Å². The van der Waals surface area contributed by atoms with Crippen LogP contribution in [0.25, 0.3) is 0 Å². The molecule has 154 valence electrons. The van der Waals surface area contributed by atoms with E-state index < -0.39 is 6.16 Å². The lowest BCUT2D eigenvalue weighted by Crippen LogP contribution is -2.08. The lowest BCUT2D eigenvalue weighted by atomic mass is 9.94. The number of aryl methyl sites for hydroxylation is 1. The minimum atomic E-state index is -1.43. The van der Waals surface area contributed by atoms with E-state index >= 15 is 0 Å². The molecule has 0 aromatic heterocycles. The summed E-state index contributed by atoms with van der Waals surface area (Å²) in [6.07, 6.45) is 10.0. The normalized spacial score (nSPS) is 10.8. The van der Waals surface area contributed by atoms with E-state index in [4.69, 9.17) is 14.6 Å². The minimum absolute atomic E-state index is 0.0311.